The van der Waals surface area contributed by atoms with Gasteiger partial charge < -0.3 is 20.4 Å². The van der Waals surface area contributed by atoms with Gasteiger partial charge in [-0.2, -0.15) is 0 Å². The zero-order chi connectivity index (χ0) is 23.6. The summed E-state index contributed by atoms with van der Waals surface area (Å²) in [5.41, 5.74) is -0.592. The molecule has 0 spiro atoms. The molecule has 2 amide bonds. The molecule has 3 N–H and O–H groups in total. The minimum atomic E-state index is -1.32. The first-order valence-corrected chi connectivity index (χ1v) is 10.8. The fourth-order valence-electron chi connectivity index (χ4n) is 3.20. The van der Waals surface area contributed by atoms with Crippen LogP contribution in [0.2, 0.25) is 0 Å². The van der Waals surface area contributed by atoms with Gasteiger partial charge in [-0.05, 0) is 20.8 Å². The number of rotatable bonds is 6. The molecule has 0 saturated carbocycles. The van der Waals surface area contributed by atoms with Gasteiger partial charge in [-0.1, -0.05) is 35.5 Å². The van der Waals surface area contributed by atoms with E-state index in [2.05, 4.69) is 10.5 Å². The van der Waals surface area contributed by atoms with E-state index in [4.69, 9.17) is 4.74 Å². The third-order valence-electron chi connectivity index (χ3n) is 4.89. The molecule has 0 aromatic heterocycles. The van der Waals surface area contributed by atoms with Crippen molar-refractivity contribution in [2.24, 2.45) is 10.6 Å². The van der Waals surface area contributed by atoms with Crippen molar-refractivity contribution in [3.63, 3.8) is 0 Å². The highest BCUT2D eigenvalue weighted by molar-refractivity contribution is 8.00. The molecule has 0 aliphatic carbocycles. The lowest BCUT2D eigenvalue weighted by atomic mass is 9.97. The second kappa shape index (κ2) is 9.03. The molecule has 2 atom stereocenters. The SMILES string of the molecule is CC(C)(C)C(=O)OCC1=C(C(=O)O)N2C(=O)[C@@H](NC(=O)C(=NO)c3ccccc3)[C@@H]2SC1. The summed E-state index contributed by atoms with van der Waals surface area (Å²) in [6.07, 6.45) is 0. The number of aliphatic carboxylic acids is 1. The van der Waals surface area contributed by atoms with E-state index in [0.717, 1.165) is 4.90 Å². The number of amides is 2. The quantitative estimate of drug-likeness (QED) is 0.188. The predicted octanol–water partition coefficient (Wildman–Crippen LogP) is 1.19. The lowest BCUT2D eigenvalue weighted by Crippen LogP contribution is -2.71. The molecule has 170 valence electrons. The predicted molar refractivity (Wildman–Crippen MR) is 115 cm³/mol. The Bertz CT molecular complexity index is 1010. The first-order valence-electron chi connectivity index (χ1n) is 9.71. The third kappa shape index (κ3) is 4.47. The number of esters is 1. The summed E-state index contributed by atoms with van der Waals surface area (Å²) in [4.78, 5) is 50.3. The maximum absolute atomic E-state index is 12.7. The molecule has 2 heterocycles. The first-order chi connectivity index (χ1) is 15.1. The van der Waals surface area contributed by atoms with Gasteiger partial charge in [-0.25, -0.2) is 4.79 Å². The standard InChI is InChI=1S/C21H23N3O7S/c1-21(2,3)20(29)31-9-12-10-32-18-14(17(26)24(18)15(12)19(27)28)22-16(25)13(23-30)11-7-5-4-6-8-11/h4-8,14,18,30H,9-10H2,1-3H3,(H,22,25)(H,27,28)/t14-,18+/m1/s1. The van der Waals surface area contributed by atoms with Crippen LogP contribution in [0.4, 0.5) is 0 Å². The number of β-lactam (4-membered cyclic amide) rings is 1. The molecule has 1 aromatic rings. The van der Waals surface area contributed by atoms with Gasteiger partial charge in [0, 0.05) is 16.9 Å². The normalized spacial score (nSPS) is 20.9. The zero-order valence-electron chi connectivity index (χ0n) is 17.7. The Morgan fingerprint density at radius 1 is 1.25 bits per heavy atom. The van der Waals surface area contributed by atoms with Gasteiger partial charge in [0.05, 0.1) is 5.41 Å². The fourth-order valence-corrected chi connectivity index (χ4v) is 4.53. The molecule has 2 aliphatic heterocycles. The highest BCUT2D eigenvalue weighted by Gasteiger charge is 2.54. The maximum Gasteiger partial charge on any atom is 0.352 e. The van der Waals surface area contributed by atoms with Crippen LogP contribution in [0, 0.1) is 5.41 Å². The molecular formula is C21H23N3O7S. The Morgan fingerprint density at radius 2 is 1.91 bits per heavy atom. The monoisotopic (exact) mass is 461 g/mol. The van der Waals surface area contributed by atoms with Crippen LogP contribution >= 0.6 is 11.8 Å². The Kier molecular flexibility index (Phi) is 6.58. The smallest absolute Gasteiger partial charge is 0.352 e. The van der Waals surface area contributed by atoms with Crippen molar-refractivity contribution in [1.82, 2.24) is 10.2 Å². The van der Waals surface area contributed by atoms with Crippen molar-refractivity contribution in [1.29, 1.82) is 0 Å². The molecule has 3 rings (SSSR count). The van der Waals surface area contributed by atoms with Gasteiger partial charge in [0.1, 0.15) is 23.7 Å². The van der Waals surface area contributed by atoms with E-state index in [1.54, 1.807) is 51.1 Å². The van der Waals surface area contributed by atoms with Crippen LogP contribution in [0.15, 0.2) is 46.8 Å². The minimum Gasteiger partial charge on any atom is -0.477 e. The number of carboxylic acids is 1. The summed E-state index contributed by atoms with van der Waals surface area (Å²) < 4.78 is 5.23. The number of carbonyl (C=O) groups excluding carboxylic acids is 3. The number of oxime groups is 1. The van der Waals surface area contributed by atoms with E-state index < -0.39 is 40.6 Å². The van der Waals surface area contributed by atoms with Gasteiger partial charge in [0.15, 0.2) is 5.71 Å². The molecule has 0 bridgehead atoms. The van der Waals surface area contributed by atoms with Crippen LogP contribution < -0.4 is 5.32 Å². The van der Waals surface area contributed by atoms with Crippen LogP contribution in [-0.2, 0) is 23.9 Å². The number of ether oxygens (including phenoxy) is 1. The van der Waals surface area contributed by atoms with Gasteiger partial charge in [0.2, 0.25) is 0 Å². The molecule has 2 aliphatic rings. The molecule has 1 fully saturated rings. The summed E-state index contributed by atoms with van der Waals surface area (Å²) in [5, 5.41) is 23.8. The van der Waals surface area contributed by atoms with Crippen LogP contribution in [0.1, 0.15) is 26.3 Å². The Labute approximate surface area is 188 Å². The zero-order valence-corrected chi connectivity index (χ0v) is 18.5. The third-order valence-corrected chi connectivity index (χ3v) is 6.23. The Hall–Kier alpha value is -3.34. The summed E-state index contributed by atoms with van der Waals surface area (Å²) in [6, 6.07) is 7.24. The molecule has 0 radical (unpaired) electrons. The Morgan fingerprint density at radius 3 is 2.47 bits per heavy atom. The highest BCUT2D eigenvalue weighted by Crippen LogP contribution is 2.40. The number of carbonyl (C=O) groups is 4. The topological polar surface area (TPSA) is 146 Å². The molecular weight excluding hydrogens is 438 g/mol. The van der Waals surface area contributed by atoms with Crippen LogP contribution in [0.25, 0.3) is 0 Å². The number of nitrogens with zero attached hydrogens (tertiary/aromatic N) is 2. The van der Waals surface area contributed by atoms with Crippen molar-refractivity contribution in [3.8, 4) is 0 Å². The van der Waals surface area contributed by atoms with E-state index in [9.17, 15) is 29.5 Å². The van der Waals surface area contributed by atoms with E-state index in [-0.39, 0.29) is 23.8 Å². The van der Waals surface area contributed by atoms with Gasteiger partial charge >= 0.3 is 11.9 Å². The van der Waals surface area contributed by atoms with Crippen molar-refractivity contribution < 1.29 is 34.2 Å². The van der Waals surface area contributed by atoms with E-state index >= 15 is 0 Å². The number of nitrogens with one attached hydrogen (secondary N) is 1. The van der Waals surface area contributed by atoms with E-state index in [1.807, 2.05) is 0 Å². The van der Waals surface area contributed by atoms with Crippen LogP contribution in [0.5, 0.6) is 0 Å². The molecule has 32 heavy (non-hydrogen) atoms. The van der Waals surface area contributed by atoms with Crippen LogP contribution in [0.3, 0.4) is 0 Å². The van der Waals surface area contributed by atoms with E-state index in [1.165, 1.54) is 11.8 Å². The summed E-state index contributed by atoms with van der Waals surface area (Å²) in [6.45, 7) is 4.80. The van der Waals surface area contributed by atoms with Crippen molar-refractivity contribution in [2.75, 3.05) is 12.4 Å². The molecule has 10 nitrogen and oxygen atoms in total. The lowest BCUT2D eigenvalue weighted by molar-refractivity contribution is -0.153. The van der Waals surface area contributed by atoms with Crippen molar-refractivity contribution >= 4 is 41.2 Å². The van der Waals surface area contributed by atoms with Crippen LogP contribution in [-0.4, -0.2) is 68.5 Å². The number of fused-ring (bicyclic) bond motifs is 1. The number of thioether (sulfide) groups is 1. The summed E-state index contributed by atoms with van der Waals surface area (Å²) in [7, 11) is 0. The minimum absolute atomic E-state index is 0.208. The Balaban J connectivity index is 1.74. The number of benzene rings is 1. The number of carboxylic acid groups (broad SMARTS) is 1. The number of hydrogen-bond donors (Lipinski definition) is 3. The summed E-state index contributed by atoms with van der Waals surface area (Å²) in [5.74, 6) is -2.98. The van der Waals surface area contributed by atoms with Gasteiger partial charge in [-0.3, -0.25) is 19.3 Å². The molecule has 11 heteroatoms. The molecule has 1 aromatic carbocycles. The molecule has 0 unspecified atom stereocenters. The van der Waals surface area contributed by atoms with Crippen molar-refractivity contribution in [2.45, 2.75) is 32.2 Å². The first kappa shape index (κ1) is 23.3. The largest absolute Gasteiger partial charge is 0.477 e. The second-order valence-electron chi connectivity index (χ2n) is 8.26. The van der Waals surface area contributed by atoms with Gasteiger partial charge in [0.25, 0.3) is 11.8 Å². The highest BCUT2D eigenvalue weighted by atomic mass is 32.2. The molecule has 1 saturated heterocycles. The fraction of sp³-hybridized carbons (Fsp3) is 0.381. The van der Waals surface area contributed by atoms with Gasteiger partial charge in [-0.15, -0.1) is 11.8 Å². The van der Waals surface area contributed by atoms with Crippen molar-refractivity contribution in [3.05, 3.63) is 47.2 Å². The lowest BCUT2D eigenvalue weighted by Gasteiger charge is -2.49. The number of hydrogen-bond acceptors (Lipinski definition) is 8. The average molecular weight is 461 g/mol. The van der Waals surface area contributed by atoms with E-state index in [0.29, 0.717) is 11.1 Å². The maximum atomic E-state index is 12.7. The average Bonchev–Trinajstić information content (AvgIpc) is 2.75. The summed E-state index contributed by atoms with van der Waals surface area (Å²) >= 11 is 1.25. The second-order valence-corrected chi connectivity index (χ2v) is 9.36.